The van der Waals surface area contributed by atoms with Crippen LogP contribution in [0.3, 0.4) is 0 Å². The van der Waals surface area contributed by atoms with Gasteiger partial charge in [0.25, 0.3) is 0 Å². The first-order chi connectivity index (χ1) is 14.5. The van der Waals surface area contributed by atoms with Gasteiger partial charge in [0.15, 0.2) is 0 Å². The Hall–Kier alpha value is -2.57. The molecule has 7 nitrogen and oxygen atoms in total. The number of carbonyl (C=O) groups excluding carboxylic acids is 3. The van der Waals surface area contributed by atoms with Crippen molar-refractivity contribution in [2.24, 2.45) is 11.3 Å². The fourth-order valence-electron chi connectivity index (χ4n) is 4.42. The van der Waals surface area contributed by atoms with E-state index in [0.717, 1.165) is 5.56 Å². The largest absolute Gasteiger partial charge is 0.459 e. The fraction of sp³-hybridized carbons (Fsp3) is 0.625. The Morgan fingerprint density at radius 1 is 1.10 bits per heavy atom. The van der Waals surface area contributed by atoms with Gasteiger partial charge in [-0.25, -0.2) is 9.59 Å². The molecule has 0 bridgehead atoms. The third kappa shape index (κ3) is 5.20. The lowest BCUT2D eigenvalue weighted by molar-refractivity contribution is -0.158. The Balaban J connectivity index is 1.66. The summed E-state index contributed by atoms with van der Waals surface area (Å²) in [5.41, 5.74) is -0.306. The molecule has 170 valence electrons. The number of benzene rings is 1. The molecule has 2 aliphatic rings. The van der Waals surface area contributed by atoms with Gasteiger partial charge in [0.05, 0.1) is 5.41 Å². The molecule has 0 radical (unpaired) electrons. The number of ether oxygens (including phenoxy) is 2. The molecule has 2 fully saturated rings. The molecule has 0 saturated carbocycles. The summed E-state index contributed by atoms with van der Waals surface area (Å²) in [6.45, 7) is 10.8. The topological polar surface area (TPSA) is 76.2 Å². The molecule has 1 spiro atoms. The molecule has 1 aromatic carbocycles. The molecule has 3 rings (SSSR count). The predicted octanol–water partition coefficient (Wildman–Crippen LogP) is 3.61. The van der Waals surface area contributed by atoms with E-state index in [1.807, 2.05) is 65.0 Å². The summed E-state index contributed by atoms with van der Waals surface area (Å²) < 4.78 is 11.0. The van der Waals surface area contributed by atoms with E-state index in [1.165, 1.54) is 0 Å². The monoisotopic (exact) mass is 430 g/mol. The van der Waals surface area contributed by atoms with Crippen molar-refractivity contribution in [2.45, 2.75) is 65.7 Å². The number of hydrogen-bond donors (Lipinski definition) is 0. The summed E-state index contributed by atoms with van der Waals surface area (Å²) in [6.07, 6.45) is 0.824. The SMILES string of the molecule is CC(C)C(C(=O)OCc1ccccc1)N1CC[C@@]2(CCN(C(=O)OC(C)(C)C)C2)C1=O. The summed E-state index contributed by atoms with van der Waals surface area (Å²) in [4.78, 5) is 42.1. The Labute approximate surface area is 184 Å². The first kappa shape index (κ1) is 23.1. The number of carbonyl (C=O) groups is 3. The maximum atomic E-state index is 13.4. The van der Waals surface area contributed by atoms with Gasteiger partial charge in [0.1, 0.15) is 18.2 Å². The highest BCUT2D eigenvalue weighted by Crippen LogP contribution is 2.42. The number of hydrogen-bond acceptors (Lipinski definition) is 5. The summed E-state index contributed by atoms with van der Waals surface area (Å²) in [6, 6.07) is 8.87. The van der Waals surface area contributed by atoms with E-state index in [4.69, 9.17) is 9.47 Å². The van der Waals surface area contributed by atoms with Crippen LogP contribution < -0.4 is 0 Å². The van der Waals surface area contributed by atoms with Gasteiger partial charge in [0, 0.05) is 19.6 Å². The van der Waals surface area contributed by atoms with Crippen molar-refractivity contribution in [3.8, 4) is 0 Å². The summed E-state index contributed by atoms with van der Waals surface area (Å²) in [7, 11) is 0. The maximum absolute atomic E-state index is 13.4. The number of nitrogens with zero attached hydrogens (tertiary/aromatic N) is 2. The molecule has 1 aromatic rings. The van der Waals surface area contributed by atoms with Crippen LogP contribution in [0, 0.1) is 11.3 Å². The fourth-order valence-corrected chi connectivity index (χ4v) is 4.42. The van der Waals surface area contributed by atoms with E-state index in [9.17, 15) is 14.4 Å². The zero-order valence-electron chi connectivity index (χ0n) is 19.2. The van der Waals surface area contributed by atoms with Crippen molar-refractivity contribution in [2.75, 3.05) is 19.6 Å². The third-order valence-corrected chi connectivity index (χ3v) is 5.98. The van der Waals surface area contributed by atoms with Crippen LogP contribution in [0.4, 0.5) is 4.79 Å². The predicted molar refractivity (Wildman–Crippen MR) is 116 cm³/mol. The van der Waals surface area contributed by atoms with Gasteiger partial charge in [-0.3, -0.25) is 4.79 Å². The van der Waals surface area contributed by atoms with Gasteiger partial charge in [-0.1, -0.05) is 44.2 Å². The van der Waals surface area contributed by atoms with Gasteiger partial charge < -0.3 is 19.3 Å². The molecule has 0 N–H and O–H groups in total. The second-order valence-electron chi connectivity index (χ2n) is 9.96. The maximum Gasteiger partial charge on any atom is 0.410 e. The van der Waals surface area contributed by atoms with Gasteiger partial charge in [-0.15, -0.1) is 0 Å². The summed E-state index contributed by atoms with van der Waals surface area (Å²) >= 11 is 0. The van der Waals surface area contributed by atoms with Crippen molar-refractivity contribution in [3.05, 3.63) is 35.9 Å². The van der Waals surface area contributed by atoms with E-state index in [2.05, 4.69) is 0 Å². The summed E-state index contributed by atoms with van der Waals surface area (Å²) in [5.74, 6) is -0.522. The van der Waals surface area contributed by atoms with E-state index in [0.29, 0.717) is 32.5 Å². The number of amides is 2. The molecule has 1 unspecified atom stereocenters. The minimum absolute atomic E-state index is 0.0612. The lowest BCUT2D eigenvalue weighted by Gasteiger charge is -2.31. The Morgan fingerprint density at radius 3 is 2.35 bits per heavy atom. The number of esters is 1. The first-order valence-corrected chi connectivity index (χ1v) is 11.0. The Morgan fingerprint density at radius 2 is 1.74 bits per heavy atom. The van der Waals surface area contributed by atoms with Gasteiger partial charge in [-0.2, -0.15) is 0 Å². The average molecular weight is 431 g/mol. The van der Waals surface area contributed by atoms with Gasteiger partial charge >= 0.3 is 12.1 Å². The minimum Gasteiger partial charge on any atom is -0.459 e. The van der Waals surface area contributed by atoms with Crippen LogP contribution in [-0.4, -0.2) is 59.0 Å². The highest BCUT2D eigenvalue weighted by atomic mass is 16.6. The number of likely N-dealkylation sites (tertiary alicyclic amines) is 2. The van der Waals surface area contributed by atoms with Crippen LogP contribution >= 0.6 is 0 Å². The average Bonchev–Trinajstić information content (AvgIpc) is 3.26. The molecule has 2 amide bonds. The molecule has 31 heavy (non-hydrogen) atoms. The van der Waals surface area contributed by atoms with Gasteiger partial charge in [0.2, 0.25) is 5.91 Å². The normalized spacial score (nSPS) is 22.3. The van der Waals surface area contributed by atoms with E-state index < -0.39 is 23.2 Å². The molecule has 0 aromatic heterocycles. The second kappa shape index (κ2) is 8.89. The zero-order valence-corrected chi connectivity index (χ0v) is 19.2. The highest BCUT2D eigenvalue weighted by molar-refractivity contribution is 5.91. The van der Waals surface area contributed by atoms with Crippen molar-refractivity contribution < 1.29 is 23.9 Å². The quantitative estimate of drug-likeness (QED) is 0.667. The minimum atomic E-state index is -0.635. The van der Waals surface area contributed by atoms with Gasteiger partial charge in [-0.05, 0) is 45.1 Å². The van der Waals surface area contributed by atoms with E-state index in [-0.39, 0.29) is 24.4 Å². The first-order valence-electron chi connectivity index (χ1n) is 11.0. The molecule has 2 heterocycles. The Bertz CT molecular complexity index is 817. The van der Waals surface area contributed by atoms with Crippen molar-refractivity contribution in [1.82, 2.24) is 9.80 Å². The smallest absolute Gasteiger partial charge is 0.410 e. The lowest BCUT2D eigenvalue weighted by Crippen LogP contribution is -2.49. The van der Waals surface area contributed by atoms with E-state index in [1.54, 1.807) is 9.80 Å². The van der Waals surface area contributed by atoms with Crippen LogP contribution in [0.25, 0.3) is 0 Å². The zero-order chi connectivity index (χ0) is 22.8. The van der Waals surface area contributed by atoms with Crippen LogP contribution in [0.5, 0.6) is 0 Å². The second-order valence-corrected chi connectivity index (χ2v) is 9.96. The third-order valence-electron chi connectivity index (χ3n) is 5.98. The molecule has 2 aliphatic heterocycles. The lowest BCUT2D eigenvalue weighted by atomic mass is 9.85. The molecule has 2 saturated heterocycles. The number of rotatable bonds is 5. The van der Waals surface area contributed by atoms with Crippen LogP contribution in [-0.2, 0) is 25.7 Å². The highest BCUT2D eigenvalue weighted by Gasteiger charge is 2.54. The van der Waals surface area contributed by atoms with Crippen LogP contribution in [0.1, 0.15) is 53.0 Å². The van der Waals surface area contributed by atoms with Crippen molar-refractivity contribution in [3.63, 3.8) is 0 Å². The Kier molecular flexibility index (Phi) is 6.62. The van der Waals surface area contributed by atoms with Crippen LogP contribution in [0.15, 0.2) is 30.3 Å². The van der Waals surface area contributed by atoms with Crippen molar-refractivity contribution >= 4 is 18.0 Å². The summed E-state index contributed by atoms with van der Waals surface area (Å²) in [5, 5.41) is 0. The van der Waals surface area contributed by atoms with E-state index >= 15 is 0 Å². The molecule has 7 heteroatoms. The molecule has 0 aliphatic carbocycles. The molecular weight excluding hydrogens is 396 g/mol. The van der Waals surface area contributed by atoms with Crippen LogP contribution in [0.2, 0.25) is 0 Å². The van der Waals surface area contributed by atoms with Crippen molar-refractivity contribution in [1.29, 1.82) is 0 Å². The molecule has 2 atom stereocenters. The molecular formula is C24H34N2O5. The standard InChI is InChI=1S/C24H34N2O5/c1-17(2)19(20(27)30-15-18-9-7-6-8-10-18)26-14-12-24(21(26)28)11-13-25(16-24)22(29)31-23(3,4)5/h6-10,17,19H,11-16H2,1-5H3/t19?,24-/m1/s1.